The highest BCUT2D eigenvalue weighted by Gasteiger charge is 2.32. The predicted octanol–water partition coefficient (Wildman–Crippen LogP) is 3.38. The van der Waals surface area contributed by atoms with Crippen LogP contribution >= 0.6 is 0 Å². The van der Waals surface area contributed by atoms with E-state index in [2.05, 4.69) is 10.3 Å². The van der Waals surface area contributed by atoms with Crippen LogP contribution in [0.5, 0.6) is 0 Å². The topological polar surface area (TPSA) is 79.4 Å². The van der Waals surface area contributed by atoms with E-state index in [0.717, 1.165) is 12.3 Å². The van der Waals surface area contributed by atoms with Crippen LogP contribution in [0.1, 0.15) is 29.9 Å². The lowest BCUT2D eigenvalue weighted by Crippen LogP contribution is -2.33. The van der Waals surface area contributed by atoms with Crippen molar-refractivity contribution in [1.82, 2.24) is 9.29 Å². The van der Waals surface area contributed by atoms with E-state index in [0.29, 0.717) is 11.8 Å². The monoisotopic (exact) mass is 401 g/mol. The van der Waals surface area contributed by atoms with Crippen molar-refractivity contribution in [3.8, 4) is 0 Å². The fourth-order valence-electron chi connectivity index (χ4n) is 2.05. The average Bonchev–Trinajstić information content (AvgIpc) is 2.60. The maximum atomic E-state index is 12.5. The number of hydrogen-bond acceptors (Lipinski definition) is 4. The lowest BCUT2D eigenvalue weighted by Gasteiger charge is -2.21. The van der Waals surface area contributed by atoms with E-state index in [9.17, 15) is 26.4 Å². The zero-order valence-corrected chi connectivity index (χ0v) is 15.6. The maximum Gasteiger partial charge on any atom is 0.433 e. The number of aromatic nitrogens is 1. The second kappa shape index (κ2) is 7.65. The summed E-state index contributed by atoms with van der Waals surface area (Å²) in [6, 6.07) is 6.99. The fourth-order valence-corrected chi connectivity index (χ4v) is 3.42. The van der Waals surface area contributed by atoms with Gasteiger partial charge in [-0.05, 0) is 50.2 Å². The number of nitrogens with one attached hydrogen (secondary N) is 1. The molecule has 0 unspecified atom stereocenters. The molecule has 6 nitrogen and oxygen atoms in total. The summed E-state index contributed by atoms with van der Waals surface area (Å²) < 4.78 is 63.5. The lowest BCUT2D eigenvalue weighted by molar-refractivity contribution is -0.141. The molecule has 1 aromatic heterocycles. The number of amides is 1. The SMILES string of the molecule is CC(C)N(C)S(=O)(=O)c1ccc(NC(=O)c2ccc(C(F)(F)F)nc2)cc1. The van der Waals surface area contributed by atoms with Crippen molar-refractivity contribution in [3.05, 3.63) is 53.9 Å². The lowest BCUT2D eigenvalue weighted by atomic mass is 10.2. The Hall–Kier alpha value is -2.46. The zero-order valence-electron chi connectivity index (χ0n) is 14.8. The van der Waals surface area contributed by atoms with Crippen LogP contribution in [0.3, 0.4) is 0 Å². The first-order valence-electron chi connectivity index (χ1n) is 7.85. The van der Waals surface area contributed by atoms with Gasteiger partial charge in [0.15, 0.2) is 0 Å². The van der Waals surface area contributed by atoms with E-state index in [1.807, 2.05) is 0 Å². The van der Waals surface area contributed by atoms with Gasteiger partial charge >= 0.3 is 6.18 Å². The van der Waals surface area contributed by atoms with Gasteiger partial charge in [0.1, 0.15) is 5.69 Å². The minimum Gasteiger partial charge on any atom is -0.322 e. The third-order valence-electron chi connectivity index (χ3n) is 3.83. The second-order valence-corrected chi connectivity index (χ2v) is 8.02. The standard InChI is InChI=1S/C17H18F3N3O3S/c1-11(2)23(3)27(25,26)14-7-5-13(6-8-14)22-16(24)12-4-9-15(21-10-12)17(18,19)20/h4-11H,1-3H3,(H,22,24). The Balaban J connectivity index is 2.13. The molecule has 146 valence electrons. The fraction of sp³-hybridized carbons (Fsp3) is 0.294. The number of nitrogens with zero attached hydrogens (tertiary/aromatic N) is 2. The Morgan fingerprint density at radius 2 is 1.70 bits per heavy atom. The molecule has 2 rings (SSSR count). The van der Waals surface area contributed by atoms with Gasteiger partial charge in [-0.3, -0.25) is 9.78 Å². The van der Waals surface area contributed by atoms with Crippen LogP contribution in [-0.2, 0) is 16.2 Å². The number of carbonyl (C=O) groups excluding carboxylic acids is 1. The van der Waals surface area contributed by atoms with Gasteiger partial charge in [0.2, 0.25) is 10.0 Å². The molecule has 10 heteroatoms. The summed E-state index contributed by atoms with van der Waals surface area (Å²) in [7, 11) is -2.18. The highest BCUT2D eigenvalue weighted by Crippen LogP contribution is 2.27. The first-order valence-corrected chi connectivity index (χ1v) is 9.29. The van der Waals surface area contributed by atoms with Crippen molar-refractivity contribution in [2.45, 2.75) is 31.0 Å². The number of alkyl halides is 3. The maximum absolute atomic E-state index is 12.5. The third kappa shape index (κ3) is 4.83. The van der Waals surface area contributed by atoms with Gasteiger partial charge in [-0.2, -0.15) is 17.5 Å². The van der Waals surface area contributed by atoms with Crippen LogP contribution in [0.15, 0.2) is 47.5 Å². The largest absolute Gasteiger partial charge is 0.433 e. The Morgan fingerprint density at radius 1 is 1.11 bits per heavy atom. The van der Waals surface area contributed by atoms with E-state index in [1.54, 1.807) is 13.8 Å². The molecular weight excluding hydrogens is 383 g/mol. The van der Waals surface area contributed by atoms with Gasteiger partial charge in [0.05, 0.1) is 10.5 Å². The van der Waals surface area contributed by atoms with Crippen molar-refractivity contribution >= 4 is 21.6 Å². The van der Waals surface area contributed by atoms with Crippen molar-refractivity contribution in [2.75, 3.05) is 12.4 Å². The molecule has 0 aliphatic rings. The van der Waals surface area contributed by atoms with Crippen LogP contribution in [-0.4, -0.2) is 36.7 Å². The normalized spacial score (nSPS) is 12.4. The smallest absolute Gasteiger partial charge is 0.322 e. The molecule has 0 saturated heterocycles. The first-order chi connectivity index (χ1) is 12.4. The Morgan fingerprint density at radius 3 is 2.15 bits per heavy atom. The number of hydrogen-bond donors (Lipinski definition) is 1. The molecule has 0 spiro atoms. The molecule has 2 aromatic rings. The van der Waals surface area contributed by atoms with Crippen molar-refractivity contribution in [3.63, 3.8) is 0 Å². The van der Waals surface area contributed by atoms with Crippen LogP contribution in [0.25, 0.3) is 0 Å². The molecule has 1 N–H and O–H groups in total. The summed E-state index contributed by atoms with van der Waals surface area (Å²) >= 11 is 0. The second-order valence-electron chi connectivity index (χ2n) is 6.02. The molecule has 0 bridgehead atoms. The van der Waals surface area contributed by atoms with Crippen LogP contribution in [0, 0.1) is 0 Å². The molecule has 0 aliphatic carbocycles. The van der Waals surface area contributed by atoms with Crippen molar-refractivity contribution in [1.29, 1.82) is 0 Å². The van der Waals surface area contributed by atoms with Gasteiger partial charge in [0.25, 0.3) is 5.91 Å². The van der Waals surface area contributed by atoms with E-state index in [-0.39, 0.29) is 16.5 Å². The van der Waals surface area contributed by atoms with Gasteiger partial charge in [-0.25, -0.2) is 8.42 Å². The Kier molecular flexibility index (Phi) is 5.91. The molecule has 0 fully saturated rings. The number of carbonyl (C=O) groups is 1. The molecule has 27 heavy (non-hydrogen) atoms. The van der Waals surface area contributed by atoms with Crippen LogP contribution in [0.2, 0.25) is 0 Å². The molecule has 1 amide bonds. The van der Waals surface area contributed by atoms with Crippen LogP contribution < -0.4 is 5.32 Å². The highest BCUT2D eigenvalue weighted by molar-refractivity contribution is 7.89. The Bertz CT molecular complexity index is 909. The highest BCUT2D eigenvalue weighted by atomic mass is 32.2. The van der Waals surface area contributed by atoms with Crippen LogP contribution in [0.4, 0.5) is 18.9 Å². The number of halogens is 3. The third-order valence-corrected chi connectivity index (χ3v) is 5.88. The minimum absolute atomic E-state index is 0.0563. The molecular formula is C17H18F3N3O3S. The molecule has 0 radical (unpaired) electrons. The average molecular weight is 401 g/mol. The number of pyridine rings is 1. The van der Waals surface area contributed by atoms with E-state index < -0.39 is 27.8 Å². The molecule has 0 aliphatic heterocycles. The summed E-state index contributed by atoms with van der Waals surface area (Å²) in [6.07, 6.45) is -3.76. The first kappa shape index (κ1) is 20.8. The van der Waals surface area contributed by atoms with Crippen molar-refractivity contribution in [2.24, 2.45) is 0 Å². The molecule has 0 atom stereocenters. The summed E-state index contributed by atoms with van der Waals surface area (Å²) in [5.74, 6) is -0.661. The number of benzene rings is 1. The number of anilines is 1. The number of rotatable bonds is 5. The van der Waals surface area contributed by atoms with E-state index >= 15 is 0 Å². The quantitative estimate of drug-likeness (QED) is 0.833. The van der Waals surface area contributed by atoms with Gasteiger partial charge in [-0.15, -0.1) is 0 Å². The summed E-state index contributed by atoms with van der Waals surface area (Å²) in [5.41, 5.74) is -0.854. The zero-order chi connectivity index (χ0) is 20.4. The summed E-state index contributed by atoms with van der Waals surface area (Å²) in [6.45, 7) is 3.48. The van der Waals surface area contributed by atoms with Gasteiger partial charge in [-0.1, -0.05) is 0 Å². The minimum atomic E-state index is -4.58. The van der Waals surface area contributed by atoms with E-state index in [4.69, 9.17) is 0 Å². The Labute approximate surface area is 155 Å². The molecule has 1 heterocycles. The summed E-state index contributed by atoms with van der Waals surface area (Å²) in [4.78, 5) is 15.4. The van der Waals surface area contributed by atoms with E-state index in [1.165, 1.54) is 35.6 Å². The molecule has 1 aromatic carbocycles. The summed E-state index contributed by atoms with van der Waals surface area (Å²) in [5, 5.41) is 2.48. The predicted molar refractivity (Wildman–Crippen MR) is 93.7 cm³/mol. The van der Waals surface area contributed by atoms with Gasteiger partial charge < -0.3 is 5.32 Å². The molecule has 0 saturated carbocycles. The van der Waals surface area contributed by atoms with Gasteiger partial charge in [0, 0.05) is 25.0 Å². The van der Waals surface area contributed by atoms with Crippen molar-refractivity contribution < 1.29 is 26.4 Å². The number of sulfonamides is 1.